The maximum atomic E-state index is 5.65. The van der Waals surface area contributed by atoms with Gasteiger partial charge < -0.3 is 16.0 Å². The minimum atomic E-state index is 0.260. The third kappa shape index (κ3) is 3.22. The van der Waals surface area contributed by atoms with E-state index in [0.717, 1.165) is 26.1 Å². The summed E-state index contributed by atoms with van der Waals surface area (Å²) in [6.45, 7) is 8.75. The van der Waals surface area contributed by atoms with E-state index in [1.54, 1.807) is 0 Å². The van der Waals surface area contributed by atoms with Gasteiger partial charge in [0.25, 0.3) is 0 Å². The molecule has 6 heteroatoms. The van der Waals surface area contributed by atoms with Gasteiger partial charge in [-0.1, -0.05) is 6.92 Å². The molecule has 0 unspecified atom stereocenters. The number of hydrogen-bond acceptors (Lipinski definition) is 6. The molecule has 0 radical (unpaired) electrons. The number of nitrogens with two attached hydrogens (primary N) is 1. The summed E-state index contributed by atoms with van der Waals surface area (Å²) in [4.78, 5) is 14.5. The van der Waals surface area contributed by atoms with Crippen LogP contribution in [0.1, 0.15) is 27.2 Å². The van der Waals surface area contributed by atoms with Gasteiger partial charge in [0.05, 0.1) is 0 Å². The Labute approximate surface area is 96.3 Å². The maximum Gasteiger partial charge on any atom is 0.231 e. The van der Waals surface area contributed by atoms with Crippen molar-refractivity contribution >= 4 is 17.8 Å². The van der Waals surface area contributed by atoms with Crippen molar-refractivity contribution in [3.63, 3.8) is 0 Å². The van der Waals surface area contributed by atoms with E-state index in [0.29, 0.717) is 11.9 Å². The molecule has 0 saturated carbocycles. The van der Waals surface area contributed by atoms with Crippen molar-refractivity contribution in [3.8, 4) is 0 Å². The summed E-state index contributed by atoms with van der Waals surface area (Å²) in [5, 5.41) is 3.11. The number of nitrogens with zero attached hydrogens (tertiary/aromatic N) is 4. The van der Waals surface area contributed by atoms with Crippen LogP contribution >= 0.6 is 0 Å². The highest BCUT2D eigenvalue weighted by atomic mass is 15.3. The molecule has 1 aromatic rings. The van der Waals surface area contributed by atoms with Crippen LogP contribution in [-0.2, 0) is 0 Å². The van der Waals surface area contributed by atoms with Gasteiger partial charge >= 0.3 is 0 Å². The first-order valence-electron chi connectivity index (χ1n) is 5.71. The van der Waals surface area contributed by atoms with Crippen molar-refractivity contribution in [1.82, 2.24) is 15.0 Å². The van der Waals surface area contributed by atoms with Crippen LogP contribution in [0.4, 0.5) is 17.8 Å². The van der Waals surface area contributed by atoms with Crippen LogP contribution in [-0.4, -0.2) is 34.6 Å². The molecule has 90 valence electrons. The largest absolute Gasteiger partial charge is 0.368 e. The molecule has 1 heterocycles. The Morgan fingerprint density at radius 3 is 2.38 bits per heavy atom. The Morgan fingerprint density at radius 1 is 1.12 bits per heavy atom. The molecule has 1 aromatic heterocycles. The predicted molar refractivity (Wildman–Crippen MR) is 66.6 cm³/mol. The number of hydrogen-bond donors (Lipinski definition) is 2. The van der Waals surface area contributed by atoms with Crippen LogP contribution in [0, 0.1) is 0 Å². The highest BCUT2D eigenvalue weighted by Gasteiger charge is 2.08. The zero-order valence-corrected chi connectivity index (χ0v) is 10.2. The van der Waals surface area contributed by atoms with Gasteiger partial charge in [-0.25, -0.2) is 0 Å². The SMILES string of the molecule is CCCNc1nc(N)nc(N(CC)CC)n1. The van der Waals surface area contributed by atoms with E-state index in [1.165, 1.54) is 0 Å². The van der Waals surface area contributed by atoms with Crippen LogP contribution in [0.2, 0.25) is 0 Å². The first-order chi connectivity index (χ1) is 7.71. The monoisotopic (exact) mass is 224 g/mol. The Balaban J connectivity index is 2.88. The summed E-state index contributed by atoms with van der Waals surface area (Å²) in [6, 6.07) is 0. The zero-order chi connectivity index (χ0) is 12.0. The first-order valence-corrected chi connectivity index (χ1v) is 5.71. The van der Waals surface area contributed by atoms with Crippen LogP contribution in [0.3, 0.4) is 0 Å². The van der Waals surface area contributed by atoms with Crippen molar-refractivity contribution < 1.29 is 0 Å². The molecular weight excluding hydrogens is 204 g/mol. The normalized spacial score (nSPS) is 10.2. The van der Waals surface area contributed by atoms with E-state index in [4.69, 9.17) is 5.73 Å². The van der Waals surface area contributed by atoms with Gasteiger partial charge in [0.2, 0.25) is 17.8 Å². The van der Waals surface area contributed by atoms with Crippen LogP contribution in [0.25, 0.3) is 0 Å². The third-order valence-corrected chi connectivity index (χ3v) is 2.22. The van der Waals surface area contributed by atoms with Gasteiger partial charge in [-0.2, -0.15) is 15.0 Å². The summed E-state index contributed by atoms with van der Waals surface area (Å²) in [7, 11) is 0. The fourth-order valence-corrected chi connectivity index (χ4v) is 1.34. The summed E-state index contributed by atoms with van der Waals surface area (Å²) < 4.78 is 0. The van der Waals surface area contributed by atoms with Gasteiger partial charge in [0, 0.05) is 19.6 Å². The van der Waals surface area contributed by atoms with E-state index in [2.05, 4.69) is 41.0 Å². The average Bonchev–Trinajstić information content (AvgIpc) is 2.27. The lowest BCUT2D eigenvalue weighted by Gasteiger charge is -2.18. The van der Waals surface area contributed by atoms with Gasteiger partial charge in [-0.15, -0.1) is 0 Å². The smallest absolute Gasteiger partial charge is 0.231 e. The van der Waals surface area contributed by atoms with Crippen molar-refractivity contribution in [3.05, 3.63) is 0 Å². The fraction of sp³-hybridized carbons (Fsp3) is 0.700. The minimum absolute atomic E-state index is 0.260. The van der Waals surface area contributed by atoms with Gasteiger partial charge in [-0.05, 0) is 20.3 Å². The molecule has 0 aliphatic heterocycles. The van der Waals surface area contributed by atoms with E-state index < -0.39 is 0 Å². The van der Waals surface area contributed by atoms with Gasteiger partial charge in [-0.3, -0.25) is 0 Å². The lowest BCUT2D eigenvalue weighted by molar-refractivity contribution is 0.812. The first kappa shape index (κ1) is 12.5. The van der Waals surface area contributed by atoms with Crippen molar-refractivity contribution in [2.45, 2.75) is 27.2 Å². The molecule has 0 aliphatic rings. The highest BCUT2D eigenvalue weighted by Crippen LogP contribution is 2.11. The van der Waals surface area contributed by atoms with E-state index in [1.807, 2.05) is 4.90 Å². The predicted octanol–water partition coefficient (Wildman–Crippen LogP) is 1.12. The van der Waals surface area contributed by atoms with Crippen LogP contribution in [0.5, 0.6) is 0 Å². The topological polar surface area (TPSA) is 80.0 Å². The van der Waals surface area contributed by atoms with Gasteiger partial charge in [0.1, 0.15) is 0 Å². The average molecular weight is 224 g/mol. The van der Waals surface area contributed by atoms with Crippen molar-refractivity contribution in [2.75, 3.05) is 35.6 Å². The molecule has 0 amide bonds. The molecule has 0 aromatic carbocycles. The molecule has 3 N–H and O–H groups in total. The summed E-state index contributed by atoms with van der Waals surface area (Å²) in [5.74, 6) is 1.45. The molecule has 0 spiro atoms. The molecule has 16 heavy (non-hydrogen) atoms. The standard InChI is InChI=1S/C10H20N6/c1-4-7-12-9-13-8(11)14-10(15-9)16(5-2)6-3/h4-7H2,1-3H3,(H3,11,12,13,14,15). The fourth-order valence-electron chi connectivity index (χ4n) is 1.34. The van der Waals surface area contributed by atoms with E-state index in [9.17, 15) is 0 Å². The molecular formula is C10H20N6. The molecule has 1 rings (SSSR count). The summed E-state index contributed by atoms with van der Waals surface area (Å²) in [6.07, 6.45) is 1.02. The molecule has 6 nitrogen and oxygen atoms in total. The molecule has 0 fully saturated rings. The van der Waals surface area contributed by atoms with Crippen molar-refractivity contribution in [2.24, 2.45) is 0 Å². The minimum Gasteiger partial charge on any atom is -0.368 e. The Kier molecular flexibility index (Phi) is 4.75. The number of nitrogens with one attached hydrogen (secondary N) is 1. The molecule has 0 bridgehead atoms. The van der Waals surface area contributed by atoms with Crippen LogP contribution < -0.4 is 16.0 Å². The quantitative estimate of drug-likeness (QED) is 0.753. The second-order valence-corrected chi connectivity index (χ2v) is 3.42. The second-order valence-electron chi connectivity index (χ2n) is 3.42. The summed E-state index contributed by atoms with van der Waals surface area (Å²) in [5.41, 5.74) is 5.65. The Morgan fingerprint density at radius 2 is 1.81 bits per heavy atom. The molecule has 0 saturated heterocycles. The number of rotatable bonds is 6. The highest BCUT2D eigenvalue weighted by molar-refractivity contribution is 5.41. The summed E-state index contributed by atoms with van der Waals surface area (Å²) >= 11 is 0. The van der Waals surface area contributed by atoms with Crippen LogP contribution in [0.15, 0.2) is 0 Å². The number of nitrogen functional groups attached to an aromatic ring is 1. The zero-order valence-electron chi connectivity index (χ0n) is 10.2. The van der Waals surface area contributed by atoms with Gasteiger partial charge in [0.15, 0.2) is 0 Å². The number of anilines is 3. The van der Waals surface area contributed by atoms with E-state index >= 15 is 0 Å². The Hall–Kier alpha value is -1.59. The second kappa shape index (κ2) is 6.09. The number of aromatic nitrogens is 3. The van der Waals surface area contributed by atoms with E-state index in [-0.39, 0.29) is 5.95 Å². The lowest BCUT2D eigenvalue weighted by atomic mass is 10.5. The maximum absolute atomic E-state index is 5.65. The lowest BCUT2D eigenvalue weighted by Crippen LogP contribution is -2.25. The molecule has 0 aliphatic carbocycles. The molecule has 0 atom stereocenters. The van der Waals surface area contributed by atoms with Crippen molar-refractivity contribution in [1.29, 1.82) is 0 Å². The Bertz CT molecular complexity index is 323. The third-order valence-electron chi connectivity index (χ3n) is 2.22.